The van der Waals surface area contributed by atoms with E-state index in [0.717, 1.165) is 12.0 Å². The van der Waals surface area contributed by atoms with Crippen molar-refractivity contribution >= 4 is 21.7 Å². The Morgan fingerprint density at radius 1 is 1.33 bits per heavy atom. The molecule has 2 aromatic rings. The molecular weight excluding hydrogens is 301 g/mol. The van der Waals surface area contributed by atoms with Crippen LogP contribution in [0.3, 0.4) is 0 Å². The normalized spacial score (nSPS) is 10.3. The van der Waals surface area contributed by atoms with Crippen LogP contribution in [-0.4, -0.2) is 16.5 Å². The Hall–Kier alpha value is -1.69. The molecule has 2 rings (SSSR count). The molecule has 0 radical (unpaired) electrons. The fraction of sp³-hybridized carbons (Fsp3) is 0.167. The molecule has 6 heteroatoms. The van der Waals surface area contributed by atoms with Crippen molar-refractivity contribution in [1.29, 1.82) is 0 Å². The van der Waals surface area contributed by atoms with Gasteiger partial charge in [-0.2, -0.15) is 0 Å². The molecule has 18 heavy (non-hydrogen) atoms. The van der Waals surface area contributed by atoms with Crippen LogP contribution < -0.4 is 10.9 Å². The van der Waals surface area contributed by atoms with E-state index in [-0.39, 0.29) is 11.4 Å². The summed E-state index contributed by atoms with van der Waals surface area (Å²) in [5, 5.41) is 3.05. The van der Waals surface area contributed by atoms with Crippen LogP contribution in [0.2, 0.25) is 0 Å². The van der Waals surface area contributed by atoms with Crippen LogP contribution in [0.15, 0.2) is 39.9 Å². The second kappa shape index (κ2) is 5.77. The van der Waals surface area contributed by atoms with Crippen molar-refractivity contribution in [1.82, 2.24) is 9.97 Å². The molecule has 0 atom stereocenters. The molecule has 1 aromatic heterocycles. The second-order valence-corrected chi connectivity index (χ2v) is 4.49. The summed E-state index contributed by atoms with van der Waals surface area (Å²) in [6.07, 6.45) is 2.06. The lowest BCUT2D eigenvalue weighted by Gasteiger charge is -2.06. The highest BCUT2D eigenvalue weighted by Gasteiger charge is 2.04. The van der Waals surface area contributed by atoms with Gasteiger partial charge in [-0.05, 0) is 40.0 Å². The first-order chi connectivity index (χ1) is 8.66. The van der Waals surface area contributed by atoms with Gasteiger partial charge in [0.2, 0.25) is 0 Å². The van der Waals surface area contributed by atoms with Crippen molar-refractivity contribution in [3.63, 3.8) is 0 Å². The summed E-state index contributed by atoms with van der Waals surface area (Å²) in [7, 11) is 0. The summed E-state index contributed by atoms with van der Waals surface area (Å²) in [5.41, 5.74) is 0.791. The van der Waals surface area contributed by atoms with E-state index in [4.69, 9.17) is 0 Å². The van der Waals surface area contributed by atoms with Gasteiger partial charge < -0.3 is 10.3 Å². The lowest BCUT2D eigenvalue weighted by molar-refractivity contribution is 0.627. The quantitative estimate of drug-likeness (QED) is 0.911. The lowest BCUT2D eigenvalue weighted by Crippen LogP contribution is -2.13. The summed E-state index contributed by atoms with van der Waals surface area (Å²) in [4.78, 5) is 17.8. The summed E-state index contributed by atoms with van der Waals surface area (Å²) in [5.74, 6) is 0.256. The number of hydrogen-bond donors (Lipinski definition) is 2. The van der Waals surface area contributed by atoms with Crippen LogP contribution in [0.1, 0.15) is 5.56 Å². The molecule has 0 saturated heterocycles. The minimum atomic E-state index is -0.245. The first kappa shape index (κ1) is 12.8. The molecule has 0 fully saturated rings. The molecule has 1 aromatic carbocycles. The van der Waals surface area contributed by atoms with Gasteiger partial charge in [0.1, 0.15) is 16.1 Å². The monoisotopic (exact) mass is 311 g/mol. The summed E-state index contributed by atoms with van der Waals surface area (Å²) < 4.78 is 13.1. The highest BCUT2D eigenvalue weighted by Crippen LogP contribution is 2.13. The molecule has 4 nitrogen and oxygen atoms in total. The predicted molar refractivity (Wildman–Crippen MR) is 71.2 cm³/mol. The molecular formula is C12H11BrFN3O. The number of nitrogens with zero attached hydrogens (tertiary/aromatic N) is 1. The molecule has 0 spiro atoms. The highest BCUT2D eigenvalue weighted by atomic mass is 79.9. The Morgan fingerprint density at radius 3 is 2.78 bits per heavy atom. The molecule has 0 saturated carbocycles. The van der Waals surface area contributed by atoms with Gasteiger partial charge >= 0.3 is 0 Å². The maximum atomic E-state index is 12.7. The number of aromatic amines is 1. The summed E-state index contributed by atoms with van der Waals surface area (Å²) in [6.45, 7) is 0.612. The van der Waals surface area contributed by atoms with Gasteiger partial charge in [0, 0.05) is 6.54 Å². The van der Waals surface area contributed by atoms with Gasteiger partial charge in [-0.15, -0.1) is 0 Å². The van der Waals surface area contributed by atoms with Gasteiger partial charge in [0.25, 0.3) is 5.56 Å². The van der Waals surface area contributed by atoms with E-state index in [1.807, 2.05) is 0 Å². The zero-order valence-electron chi connectivity index (χ0n) is 9.41. The number of hydrogen-bond acceptors (Lipinski definition) is 3. The van der Waals surface area contributed by atoms with E-state index in [0.29, 0.717) is 16.8 Å². The van der Waals surface area contributed by atoms with E-state index in [1.54, 1.807) is 12.1 Å². The highest BCUT2D eigenvalue weighted by molar-refractivity contribution is 9.10. The van der Waals surface area contributed by atoms with Crippen molar-refractivity contribution in [2.75, 3.05) is 11.9 Å². The van der Waals surface area contributed by atoms with E-state index in [9.17, 15) is 9.18 Å². The largest absolute Gasteiger partial charge is 0.369 e. The Morgan fingerprint density at radius 2 is 2.06 bits per heavy atom. The second-order valence-electron chi connectivity index (χ2n) is 3.70. The Labute approximate surface area is 111 Å². The molecule has 0 aliphatic carbocycles. The minimum absolute atomic E-state index is 0.228. The zero-order chi connectivity index (χ0) is 13.0. The van der Waals surface area contributed by atoms with Gasteiger partial charge in [0.15, 0.2) is 0 Å². The number of rotatable bonds is 4. The lowest BCUT2D eigenvalue weighted by atomic mass is 10.1. The molecule has 0 aliphatic rings. The van der Waals surface area contributed by atoms with Crippen LogP contribution in [0.5, 0.6) is 0 Å². The third kappa shape index (κ3) is 3.16. The standard InChI is InChI=1S/C12H11BrFN3O/c13-10-11(16-7-17-12(10)18)15-6-5-8-1-3-9(14)4-2-8/h1-4,7H,5-6H2,(H2,15,16,17,18). The average Bonchev–Trinajstić information content (AvgIpc) is 2.37. The number of aromatic nitrogens is 2. The molecule has 1 heterocycles. The molecule has 0 bridgehead atoms. The Balaban J connectivity index is 1.94. The number of H-pyrrole nitrogens is 1. The van der Waals surface area contributed by atoms with Gasteiger partial charge in [-0.3, -0.25) is 4.79 Å². The van der Waals surface area contributed by atoms with Crippen LogP contribution in [0.25, 0.3) is 0 Å². The van der Waals surface area contributed by atoms with Crippen LogP contribution >= 0.6 is 15.9 Å². The van der Waals surface area contributed by atoms with Crippen LogP contribution in [0.4, 0.5) is 10.2 Å². The minimum Gasteiger partial charge on any atom is -0.369 e. The van der Waals surface area contributed by atoms with Gasteiger partial charge in [-0.25, -0.2) is 9.37 Å². The van der Waals surface area contributed by atoms with Crippen molar-refractivity contribution in [2.45, 2.75) is 6.42 Å². The fourth-order valence-corrected chi connectivity index (χ4v) is 1.84. The number of nitrogens with one attached hydrogen (secondary N) is 2. The smallest absolute Gasteiger partial charge is 0.267 e. The number of anilines is 1. The van der Waals surface area contributed by atoms with Crippen molar-refractivity contribution in [3.8, 4) is 0 Å². The molecule has 0 aliphatic heterocycles. The van der Waals surface area contributed by atoms with Crippen LogP contribution in [0, 0.1) is 5.82 Å². The van der Waals surface area contributed by atoms with E-state index in [2.05, 4.69) is 31.2 Å². The predicted octanol–water partition coefficient (Wildman–Crippen LogP) is 2.33. The first-order valence-electron chi connectivity index (χ1n) is 5.38. The third-order valence-corrected chi connectivity index (χ3v) is 3.15. The maximum absolute atomic E-state index is 12.7. The van der Waals surface area contributed by atoms with Crippen LogP contribution in [-0.2, 0) is 6.42 Å². The zero-order valence-corrected chi connectivity index (χ0v) is 11.0. The summed E-state index contributed by atoms with van der Waals surface area (Å²) >= 11 is 3.16. The topological polar surface area (TPSA) is 57.8 Å². The molecule has 0 unspecified atom stereocenters. The Bertz CT molecular complexity index is 583. The first-order valence-corrected chi connectivity index (χ1v) is 6.17. The van der Waals surface area contributed by atoms with Crippen molar-refractivity contribution in [2.24, 2.45) is 0 Å². The average molecular weight is 312 g/mol. The molecule has 94 valence electrons. The fourth-order valence-electron chi connectivity index (χ4n) is 1.48. The van der Waals surface area contributed by atoms with Crippen molar-refractivity contribution in [3.05, 3.63) is 56.8 Å². The third-order valence-electron chi connectivity index (χ3n) is 2.42. The maximum Gasteiger partial charge on any atom is 0.267 e. The number of benzene rings is 1. The van der Waals surface area contributed by atoms with Gasteiger partial charge in [0.05, 0.1) is 6.33 Å². The SMILES string of the molecule is O=c1[nH]cnc(NCCc2ccc(F)cc2)c1Br. The van der Waals surface area contributed by atoms with E-state index in [1.165, 1.54) is 18.5 Å². The Kier molecular flexibility index (Phi) is 4.09. The van der Waals surface area contributed by atoms with Crippen molar-refractivity contribution < 1.29 is 4.39 Å². The van der Waals surface area contributed by atoms with E-state index < -0.39 is 0 Å². The molecule has 0 amide bonds. The summed E-state index contributed by atoms with van der Waals surface area (Å²) in [6, 6.07) is 6.32. The number of halogens is 2. The van der Waals surface area contributed by atoms with E-state index >= 15 is 0 Å². The van der Waals surface area contributed by atoms with Gasteiger partial charge in [-0.1, -0.05) is 12.1 Å². The molecule has 2 N–H and O–H groups in total.